The fourth-order valence-electron chi connectivity index (χ4n) is 4.66. The van der Waals surface area contributed by atoms with Gasteiger partial charge in [-0.25, -0.2) is 0 Å². The van der Waals surface area contributed by atoms with E-state index in [4.69, 9.17) is 0 Å². The molecule has 0 aliphatic carbocycles. The topological polar surface area (TPSA) is 15.3 Å². The maximum Gasteiger partial charge on any atom is 0.416 e. The third kappa shape index (κ3) is 9.72. The number of unbranched alkanes of at least 4 members (excludes halogenated alkanes) is 1. The van der Waals surface area contributed by atoms with Crippen LogP contribution in [0.15, 0.2) is 64.5 Å². The monoisotopic (exact) mass is 534 g/mol. The first-order valence-corrected chi connectivity index (χ1v) is 14.8. The largest absolute Gasteiger partial charge is 0.416 e. The molecule has 0 radical (unpaired) electrons. The fourth-order valence-corrected chi connectivity index (χ4v) is 5.82. The molecule has 37 heavy (non-hydrogen) atoms. The zero-order valence-electron chi connectivity index (χ0n) is 23.1. The minimum atomic E-state index is -4.29. The number of fused-ring (bicyclic) bond motifs is 2. The molecule has 1 atom stereocenters. The summed E-state index contributed by atoms with van der Waals surface area (Å²) in [5, 5.41) is 3.34. The maximum atomic E-state index is 13.0. The number of hydrogen-bond acceptors (Lipinski definition) is 3. The number of likely N-dealkylation sites (tertiary alicyclic amines) is 1. The summed E-state index contributed by atoms with van der Waals surface area (Å²) in [7, 11) is 0. The van der Waals surface area contributed by atoms with Crippen LogP contribution in [0.25, 0.3) is 0 Å². The minimum absolute atomic E-state index is 0.0645. The van der Waals surface area contributed by atoms with Crippen molar-refractivity contribution in [2.24, 2.45) is 0 Å². The van der Waals surface area contributed by atoms with Gasteiger partial charge in [-0.05, 0) is 74.2 Å². The van der Waals surface area contributed by atoms with Crippen LogP contribution in [-0.4, -0.2) is 31.1 Å². The highest BCUT2D eigenvalue weighted by molar-refractivity contribution is 7.99. The molecule has 1 saturated heterocycles. The minimum Gasteiger partial charge on any atom is -0.388 e. The highest BCUT2D eigenvalue weighted by Gasteiger charge is 2.33. The van der Waals surface area contributed by atoms with Gasteiger partial charge >= 0.3 is 6.18 Å². The molecule has 2 aromatic rings. The summed E-state index contributed by atoms with van der Waals surface area (Å²) < 4.78 is 39.1. The lowest BCUT2D eigenvalue weighted by atomic mass is 9.86. The molecule has 6 heteroatoms. The lowest BCUT2D eigenvalue weighted by molar-refractivity contribution is -0.137. The normalized spacial score (nSPS) is 16.8. The number of rotatable bonds is 8. The van der Waals surface area contributed by atoms with E-state index in [9.17, 15) is 13.2 Å². The Morgan fingerprint density at radius 2 is 1.68 bits per heavy atom. The van der Waals surface area contributed by atoms with E-state index in [-0.39, 0.29) is 5.92 Å². The third-order valence-corrected chi connectivity index (χ3v) is 7.94. The number of alkyl halides is 3. The van der Waals surface area contributed by atoms with Crippen molar-refractivity contribution in [2.75, 3.05) is 26.2 Å². The van der Waals surface area contributed by atoms with Gasteiger partial charge < -0.3 is 10.2 Å². The molecule has 1 unspecified atom stereocenters. The Balaban J connectivity index is 0.000000275. The van der Waals surface area contributed by atoms with Crippen molar-refractivity contribution in [3.63, 3.8) is 0 Å². The SMILES string of the molecule is C=C(CC)NCCN1CCCCC1.CC.CCCCC1c2ccccc2Sc2ccc(C(F)(F)F)cc21. The molecule has 0 bridgehead atoms. The summed E-state index contributed by atoms with van der Waals surface area (Å²) in [6.45, 7) is 17.0. The second-order valence-corrected chi connectivity index (χ2v) is 10.5. The smallest absolute Gasteiger partial charge is 0.388 e. The molecule has 2 aromatic carbocycles. The van der Waals surface area contributed by atoms with Crippen molar-refractivity contribution in [1.82, 2.24) is 10.2 Å². The second-order valence-electron chi connectivity index (χ2n) is 9.37. The van der Waals surface area contributed by atoms with Crippen LogP contribution in [-0.2, 0) is 6.18 Å². The Kier molecular flexibility index (Phi) is 13.6. The average Bonchev–Trinajstić information content (AvgIpc) is 2.92. The van der Waals surface area contributed by atoms with Gasteiger partial charge in [0, 0.05) is 34.5 Å². The van der Waals surface area contributed by atoms with E-state index in [0.29, 0.717) is 0 Å². The van der Waals surface area contributed by atoms with E-state index in [2.05, 4.69) is 36.7 Å². The molecule has 1 N–H and O–H groups in total. The Morgan fingerprint density at radius 1 is 1.00 bits per heavy atom. The van der Waals surface area contributed by atoms with Gasteiger partial charge in [-0.15, -0.1) is 0 Å². The summed E-state index contributed by atoms with van der Waals surface area (Å²) in [6, 6.07) is 12.2. The predicted octanol–water partition coefficient (Wildman–Crippen LogP) is 9.50. The van der Waals surface area contributed by atoms with Gasteiger partial charge in [-0.3, -0.25) is 0 Å². The first-order valence-electron chi connectivity index (χ1n) is 13.9. The summed E-state index contributed by atoms with van der Waals surface area (Å²) in [4.78, 5) is 4.66. The van der Waals surface area contributed by atoms with E-state index >= 15 is 0 Å². The van der Waals surface area contributed by atoms with Crippen molar-refractivity contribution >= 4 is 11.8 Å². The van der Waals surface area contributed by atoms with Gasteiger partial charge in [-0.1, -0.05) is 83.5 Å². The van der Waals surface area contributed by atoms with Crippen molar-refractivity contribution in [3.05, 3.63) is 71.4 Å². The van der Waals surface area contributed by atoms with Crippen LogP contribution >= 0.6 is 11.8 Å². The van der Waals surface area contributed by atoms with Gasteiger partial charge in [0.15, 0.2) is 0 Å². The number of allylic oxidation sites excluding steroid dienone is 1. The molecule has 2 aliphatic rings. The summed E-state index contributed by atoms with van der Waals surface area (Å²) in [5.41, 5.74) is 2.60. The van der Waals surface area contributed by atoms with Crippen molar-refractivity contribution in [1.29, 1.82) is 0 Å². The highest BCUT2D eigenvalue weighted by Crippen LogP contribution is 2.48. The Labute approximate surface area is 227 Å². The molecule has 0 aromatic heterocycles. The van der Waals surface area contributed by atoms with E-state index < -0.39 is 11.7 Å². The first-order chi connectivity index (χ1) is 17.8. The predicted molar refractivity (Wildman–Crippen MR) is 152 cm³/mol. The van der Waals surface area contributed by atoms with Crippen LogP contribution in [0.4, 0.5) is 13.2 Å². The van der Waals surface area contributed by atoms with Crippen LogP contribution in [0.3, 0.4) is 0 Å². The lowest BCUT2D eigenvalue weighted by Crippen LogP contribution is -2.35. The van der Waals surface area contributed by atoms with E-state index in [1.807, 2.05) is 32.0 Å². The molecule has 2 nitrogen and oxygen atoms in total. The summed E-state index contributed by atoms with van der Waals surface area (Å²) >= 11 is 1.57. The number of benzene rings is 2. The van der Waals surface area contributed by atoms with Crippen molar-refractivity contribution < 1.29 is 13.2 Å². The standard InChI is InChI=1S/C18H17F3S.C11H22N2.C2H6/c1-2-3-6-13-14-7-4-5-8-16(14)22-17-10-9-12(11-15(13)17)18(19,20)21;1-3-11(2)12-7-10-13-8-5-4-6-9-13;1-2/h4-5,7-11,13H,2-3,6H2,1H3;12H,2-10H2,1H3;1-2H3. The molecule has 2 heterocycles. The molecule has 2 aliphatic heterocycles. The van der Waals surface area contributed by atoms with Crippen LogP contribution in [0.5, 0.6) is 0 Å². The Morgan fingerprint density at radius 3 is 2.32 bits per heavy atom. The molecule has 0 amide bonds. The van der Waals surface area contributed by atoms with Crippen LogP contribution < -0.4 is 5.32 Å². The molecule has 4 rings (SSSR count). The van der Waals surface area contributed by atoms with E-state index in [1.165, 1.54) is 51.0 Å². The average molecular weight is 535 g/mol. The van der Waals surface area contributed by atoms with E-state index in [0.717, 1.165) is 58.8 Å². The molecule has 0 saturated carbocycles. The quantitative estimate of drug-likeness (QED) is 0.363. The summed E-state index contributed by atoms with van der Waals surface area (Å²) in [5.74, 6) is 0.0645. The van der Waals surface area contributed by atoms with Crippen LogP contribution in [0, 0.1) is 0 Å². The van der Waals surface area contributed by atoms with Crippen LogP contribution in [0.2, 0.25) is 0 Å². The number of halogens is 3. The zero-order valence-corrected chi connectivity index (χ0v) is 23.9. The number of hydrogen-bond donors (Lipinski definition) is 1. The second kappa shape index (κ2) is 16.1. The van der Waals surface area contributed by atoms with Gasteiger partial charge in [0.1, 0.15) is 0 Å². The maximum absolute atomic E-state index is 13.0. The number of nitrogens with zero attached hydrogens (tertiary/aromatic N) is 1. The lowest BCUT2D eigenvalue weighted by Gasteiger charge is -2.28. The zero-order chi connectivity index (χ0) is 27.3. The Bertz CT molecular complexity index is 952. The van der Waals surface area contributed by atoms with Crippen LogP contribution in [0.1, 0.15) is 95.2 Å². The molecule has 206 valence electrons. The number of nitrogens with one attached hydrogen (secondary N) is 1. The first kappa shape index (κ1) is 31.3. The van der Waals surface area contributed by atoms with E-state index in [1.54, 1.807) is 17.8 Å². The fraction of sp³-hybridized carbons (Fsp3) is 0.548. The molecular formula is C31H45F3N2S. The highest BCUT2D eigenvalue weighted by atomic mass is 32.2. The van der Waals surface area contributed by atoms with Gasteiger partial charge in [0.05, 0.1) is 5.56 Å². The molecule has 0 spiro atoms. The summed E-state index contributed by atoms with van der Waals surface area (Å²) in [6.07, 6.45) is 3.89. The van der Waals surface area contributed by atoms with Gasteiger partial charge in [0.2, 0.25) is 0 Å². The molecular weight excluding hydrogens is 489 g/mol. The molecule has 1 fully saturated rings. The Hall–Kier alpha value is -1.92. The van der Waals surface area contributed by atoms with Crippen molar-refractivity contribution in [2.45, 2.75) is 94.5 Å². The number of piperidine rings is 1. The van der Waals surface area contributed by atoms with Gasteiger partial charge in [0.25, 0.3) is 0 Å². The van der Waals surface area contributed by atoms with Gasteiger partial charge in [-0.2, -0.15) is 13.2 Å². The van der Waals surface area contributed by atoms with Crippen molar-refractivity contribution in [3.8, 4) is 0 Å². The third-order valence-electron chi connectivity index (χ3n) is 6.75.